The summed E-state index contributed by atoms with van der Waals surface area (Å²) in [4.78, 5) is 0. The molecule has 106 valence electrons. The zero-order valence-corrected chi connectivity index (χ0v) is 12.9. The van der Waals surface area contributed by atoms with Crippen molar-refractivity contribution in [1.82, 2.24) is 0 Å². The van der Waals surface area contributed by atoms with Crippen LogP contribution in [0.5, 0.6) is 17.2 Å². The highest BCUT2D eigenvalue weighted by Crippen LogP contribution is 2.35. The van der Waals surface area contributed by atoms with Crippen LogP contribution in [-0.2, 0) is 6.54 Å². The second kappa shape index (κ2) is 6.52. The van der Waals surface area contributed by atoms with Crippen molar-refractivity contribution in [1.29, 1.82) is 0 Å². The predicted molar refractivity (Wildman–Crippen MR) is 82.7 cm³/mol. The second-order valence-electron chi connectivity index (χ2n) is 4.21. The van der Waals surface area contributed by atoms with Gasteiger partial charge in [-0.05, 0) is 57.9 Å². The van der Waals surface area contributed by atoms with Gasteiger partial charge in [-0.25, -0.2) is 0 Å². The molecule has 2 rings (SSSR count). The van der Waals surface area contributed by atoms with Gasteiger partial charge in [-0.15, -0.1) is 0 Å². The van der Waals surface area contributed by atoms with Gasteiger partial charge in [-0.2, -0.15) is 0 Å². The summed E-state index contributed by atoms with van der Waals surface area (Å²) in [6, 6.07) is 11.4. The van der Waals surface area contributed by atoms with Crippen molar-refractivity contribution in [3.63, 3.8) is 0 Å². The first-order valence-electron chi connectivity index (χ1n) is 6.07. The molecule has 0 fully saturated rings. The molecule has 4 nitrogen and oxygen atoms in total. The number of hydrogen-bond donors (Lipinski definition) is 2. The summed E-state index contributed by atoms with van der Waals surface area (Å²) in [6.07, 6.45) is 0. The molecule has 5 heteroatoms. The minimum Gasteiger partial charge on any atom is -0.503 e. The number of rotatable bonds is 5. The van der Waals surface area contributed by atoms with Gasteiger partial charge in [0.1, 0.15) is 5.75 Å². The van der Waals surface area contributed by atoms with Crippen LogP contribution in [0.4, 0.5) is 5.69 Å². The molecule has 0 aliphatic rings. The fraction of sp³-hybridized carbons (Fsp3) is 0.200. The van der Waals surface area contributed by atoms with Crippen LogP contribution in [0, 0.1) is 0 Å². The van der Waals surface area contributed by atoms with E-state index in [1.165, 1.54) is 7.11 Å². The Bertz CT molecular complexity index is 584. The summed E-state index contributed by atoms with van der Waals surface area (Å²) in [5, 5.41) is 13.1. The van der Waals surface area contributed by atoms with Gasteiger partial charge in [0.2, 0.25) is 0 Å². The van der Waals surface area contributed by atoms with E-state index in [0.717, 1.165) is 17.0 Å². The number of anilines is 1. The number of halogens is 1. The number of phenolic OH excluding ortho intramolecular Hbond substituents is 1. The molecule has 2 aromatic carbocycles. The highest BCUT2D eigenvalue weighted by atomic mass is 79.9. The highest BCUT2D eigenvalue weighted by Gasteiger charge is 2.08. The monoisotopic (exact) mass is 337 g/mol. The SMILES string of the molecule is COc1ccc(NCc2cc(Br)c(O)c(OC)c2)cc1. The van der Waals surface area contributed by atoms with Crippen LogP contribution in [0.3, 0.4) is 0 Å². The molecule has 20 heavy (non-hydrogen) atoms. The van der Waals surface area contributed by atoms with Crippen molar-refractivity contribution in [3.8, 4) is 17.2 Å². The van der Waals surface area contributed by atoms with Crippen molar-refractivity contribution in [2.75, 3.05) is 19.5 Å². The van der Waals surface area contributed by atoms with Crippen LogP contribution in [0.2, 0.25) is 0 Å². The molecule has 0 unspecified atom stereocenters. The van der Waals surface area contributed by atoms with E-state index in [2.05, 4.69) is 21.2 Å². The first kappa shape index (κ1) is 14.5. The van der Waals surface area contributed by atoms with Gasteiger partial charge in [0.25, 0.3) is 0 Å². The molecule has 0 aromatic heterocycles. The minimum absolute atomic E-state index is 0.112. The van der Waals surface area contributed by atoms with Crippen LogP contribution < -0.4 is 14.8 Å². The number of hydrogen-bond acceptors (Lipinski definition) is 4. The topological polar surface area (TPSA) is 50.7 Å². The first-order valence-corrected chi connectivity index (χ1v) is 6.86. The van der Waals surface area contributed by atoms with E-state index in [1.54, 1.807) is 13.2 Å². The molecule has 0 spiro atoms. The maximum atomic E-state index is 9.76. The Kier molecular flexibility index (Phi) is 4.74. The lowest BCUT2D eigenvalue weighted by Gasteiger charge is -2.11. The van der Waals surface area contributed by atoms with Crippen LogP contribution in [-0.4, -0.2) is 19.3 Å². The zero-order chi connectivity index (χ0) is 14.5. The Balaban J connectivity index is 2.08. The van der Waals surface area contributed by atoms with E-state index in [-0.39, 0.29) is 5.75 Å². The summed E-state index contributed by atoms with van der Waals surface area (Å²) in [5.74, 6) is 1.39. The van der Waals surface area contributed by atoms with E-state index >= 15 is 0 Å². The summed E-state index contributed by atoms with van der Waals surface area (Å²) in [7, 11) is 3.17. The van der Waals surface area contributed by atoms with Crippen LogP contribution >= 0.6 is 15.9 Å². The van der Waals surface area contributed by atoms with Crippen molar-refractivity contribution in [2.24, 2.45) is 0 Å². The molecule has 2 aromatic rings. The van der Waals surface area contributed by atoms with Gasteiger partial charge in [-0.1, -0.05) is 0 Å². The predicted octanol–water partition coefficient (Wildman–Crippen LogP) is 3.78. The largest absolute Gasteiger partial charge is 0.503 e. The van der Waals surface area contributed by atoms with Crippen molar-refractivity contribution in [2.45, 2.75) is 6.54 Å². The zero-order valence-electron chi connectivity index (χ0n) is 11.3. The van der Waals surface area contributed by atoms with E-state index in [4.69, 9.17) is 9.47 Å². The second-order valence-corrected chi connectivity index (χ2v) is 5.06. The molecule has 0 saturated carbocycles. The van der Waals surface area contributed by atoms with Gasteiger partial charge in [-0.3, -0.25) is 0 Å². The van der Waals surface area contributed by atoms with Crippen molar-refractivity contribution in [3.05, 3.63) is 46.4 Å². The average Bonchev–Trinajstić information content (AvgIpc) is 2.48. The molecular formula is C15H16BrNO3. The Labute approximate surface area is 126 Å². The number of ether oxygens (including phenoxy) is 2. The van der Waals surface area contributed by atoms with Crippen LogP contribution in [0.15, 0.2) is 40.9 Å². The van der Waals surface area contributed by atoms with Crippen molar-refractivity contribution >= 4 is 21.6 Å². The first-order chi connectivity index (χ1) is 9.63. The summed E-state index contributed by atoms with van der Waals surface area (Å²) < 4.78 is 10.9. The van der Waals surface area contributed by atoms with Gasteiger partial charge < -0.3 is 19.9 Å². The molecule has 0 bridgehead atoms. The maximum Gasteiger partial charge on any atom is 0.172 e. The molecule has 0 atom stereocenters. The van der Waals surface area contributed by atoms with E-state index < -0.39 is 0 Å². The molecule has 2 N–H and O–H groups in total. The standard InChI is InChI=1S/C15H16BrNO3/c1-19-12-5-3-11(4-6-12)17-9-10-7-13(16)15(18)14(8-10)20-2/h3-8,17-18H,9H2,1-2H3. The lowest BCUT2D eigenvalue weighted by atomic mass is 10.2. The summed E-state index contributed by atoms with van der Waals surface area (Å²) in [6.45, 7) is 0.627. The van der Waals surface area contributed by atoms with E-state index in [0.29, 0.717) is 16.8 Å². The van der Waals surface area contributed by atoms with Crippen molar-refractivity contribution < 1.29 is 14.6 Å². The number of nitrogens with one attached hydrogen (secondary N) is 1. The Morgan fingerprint density at radius 2 is 1.80 bits per heavy atom. The lowest BCUT2D eigenvalue weighted by molar-refractivity contribution is 0.371. The molecule has 0 amide bonds. The average molecular weight is 338 g/mol. The Morgan fingerprint density at radius 1 is 1.10 bits per heavy atom. The smallest absolute Gasteiger partial charge is 0.172 e. The van der Waals surface area contributed by atoms with E-state index in [1.807, 2.05) is 30.3 Å². The Morgan fingerprint density at radius 3 is 2.40 bits per heavy atom. The maximum absolute atomic E-state index is 9.76. The van der Waals surface area contributed by atoms with Gasteiger partial charge in [0, 0.05) is 12.2 Å². The minimum atomic E-state index is 0.112. The third-order valence-electron chi connectivity index (χ3n) is 2.89. The quantitative estimate of drug-likeness (QED) is 0.871. The number of phenols is 1. The Hall–Kier alpha value is -1.88. The third kappa shape index (κ3) is 3.36. The third-order valence-corrected chi connectivity index (χ3v) is 3.50. The number of benzene rings is 2. The summed E-state index contributed by atoms with van der Waals surface area (Å²) in [5.41, 5.74) is 2.00. The number of aromatic hydroxyl groups is 1. The van der Waals surface area contributed by atoms with E-state index in [9.17, 15) is 5.11 Å². The normalized spacial score (nSPS) is 10.2. The molecule has 0 aliphatic carbocycles. The van der Waals surface area contributed by atoms with Gasteiger partial charge in [0.05, 0.1) is 18.7 Å². The van der Waals surface area contributed by atoms with Gasteiger partial charge in [0.15, 0.2) is 11.5 Å². The molecule has 0 aliphatic heterocycles. The number of methoxy groups -OCH3 is 2. The highest BCUT2D eigenvalue weighted by molar-refractivity contribution is 9.10. The molecular weight excluding hydrogens is 322 g/mol. The fourth-order valence-corrected chi connectivity index (χ4v) is 2.29. The van der Waals surface area contributed by atoms with Crippen LogP contribution in [0.1, 0.15) is 5.56 Å². The molecule has 0 saturated heterocycles. The summed E-state index contributed by atoms with van der Waals surface area (Å²) >= 11 is 3.31. The lowest BCUT2D eigenvalue weighted by Crippen LogP contribution is -2.00. The van der Waals surface area contributed by atoms with Crippen LogP contribution in [0.25, 0.3) is 0 Å². The molecule has 0 radical (unpaired) electrons. The van der Waals surface area contributed by atoms with Gasteiger partial charge >= 0.3 is 0 Å². The molecule has 0 heterocycles. The fourth-order valence-electron chi connectivity index (χ4n) is 1.80.